The van der Waals surface area contributed by atoms with E-state index in [-0.39, 0.29) is 24.0 Å². The third kappa shape index (κ3) is 7.33. The number of aromatic nitrogens is 2. The number of nitrogens with zero attached hydrogens (tertiary/aromatic N) is 3. The molecule has 132 valence electrons. The molecule has 0 atom stereocenters. The van der Waals surface area contributed by atoms with Gasteiger partial charge in [0.2, 0.25) is 0 Å². The Morgan fingerprint density at radius 1 is 1.17 bits per heavy atom. The van der Waals surface area contributed by atoms with Crippen molar-refractivity contribution in [2.45, 2.75) is 33.2 Å². The Kier molecular flexibility index (Phi) is 9.44. The highest BCUT2D eigenvalue weighted by atomic mass is 127. The third-order valence-corrected chi connectivity index (χ3v) is 3.58. The van der Waals surface area contributed by atoms with Crippen LogP contribution in [0, 0.1) is 6.92 Å². The Hall–Kier alpha value is -1.57. The fourth-order valence-corrected chi connectivity index (χ4v) is 2.31. The number of nitrogens with one attached hydrogen (secondary N) is 2. The highest BCUT2D eigenvalue weighted by molar-refractivity contribution is 14.0. The van der Waals surface area contributed by atoms with E-state index in [2.05, 4.69) is 65.0 Å². The summed E-state index contributed by atoms with van der Waals surface area (Å²) in [5.74, 6) is 0.874. The van der Waals surface area contributed by atoms with Gasteiger partial charge in [-0.15, -0.1) is 24.0 Å². The summed E-state index contributed by atoms with van der Waals surface area (Å²) in [6, 6.07) is 8.51. The van der Waals surface area contributed by atoms with Crippen molar-refractivity contribution in [2.24, 2.45) is 12.0 Å². The number of aliphatic imine (C=N–C) groups is 1. The first-order valence-corrected chi connectivity index (χ1v) is 8.22. The minimum absolute atomic E-state index is 0. The molecule has 0 saturated carbocycles. The summed E-state index contributed by atoms with van der Waals surface area (Å²) in [5.41, 5.74) is 3.78. The second-order valence-corrected chi connectivity index (χ2v) is 5.73. The fraction of sp³-hybridized carbons (Fsp3) is 0.444. The lowest BCUT2D eigenvalue weighted by Gasteiger charge is -2.11. The second kappa shape index (κ2) is 11.1. The van der Waals surface area contributed by atoms with Crippen molar-refractivity contribution in [1.29, 1.82) is 0 Å². The standard InChI is InChI=1S/C18H27N5.HI/c1-4-19-18(21-12-16-9-7-15(2)8-10-16)20-11-5-6-17-13-22-23(3)14-17;/h7-10,13-14H,4-6,11-12H2,1-3H3,(H2,19,20,21);1H. The molecule has 0 spiro atoms. The predicted molar refractivity (Wildman–Crippen MR) is 111 cm³/mol. The molecule has 0 fully saturated rings. The Labute approximate surface area is 162 Å². The Balaban J connectivity index is 0.00000288. The summed E-state index contributed by atoms with van der Waals surface area (Å²) in [5, 5.41) is 10.9. The van der Waals surface area contributed by atoms with Crippen molar-refractivity contribution in [3.8, 4) is 0 Å². The molecular weight excluding hydrogens is 413 g/mol. The fourth-order valence-electron chi connectivity index (χ4n) is 2.31. The Bertz CT molecular complexity index is 619. The zero-order valence-electron chi connectivity index (χ0n) is 14.7. The first-order valence-electron chi connectivity index (χ1n) is 8.22. The minimum atomic E-state index is 0. The monoisotopic (exact) mass is 441 g/mol. The number of rotatable bonds is 7. The van der Waals surface area contributed by atoms with E-state index in [9.17, 15) is 0 Å². The Morgan fingerprint density at radius 2 is 1.92 bits per heavy atom. The quantitative estimate of drug-likeness (QED) is 0.301. The van der Waals surface area contributed by atoms with Crippen LogP contribution in [-0.4, -0.2) is 28.8 Å². The van der Waals surface area contributed by atoms with E-state index in [1.807, 2.05) is 17.9 Å². The molecule has 0 saturated heterocycles. The molecule has 0 aliphatic carbocycles. The van der Waals surface area contributed by atoms with Crippen molar-refractivity contribution in [1.82, 2.24) is 20.4 Å². The summed E-state index contributed by atoms with van der Waals surface area (Å²) in [6.07, 6.45) is 6.08. The van der Waals surface area contributed by atoms with E-state index in [0.29, 0.717) is 6.54 Å². The van der Waals surface area contributed by atoms with Gasteiger partial charge in [-0.05, 0) is 37.8 Å². The summed E-state index contributed by atoms with van der Waals surface area (Å²) >= 11 is 0. The van der Waals surface area contributed by atoms with Gasteiger partial charge in [-0.2, -0.15) is 5.10 Å². The van der Waals surface area contributed by atoms with Crippen LogP contribution in [0.3, 0.4) is 0 Å². The topological polar surface area (TPSA) is 54.2 Å². The molecule has 0 aliphatic heterocycles. The zero-order valence-corrected chi connectivity index (χ0v) is 17.1. The lowest BCUT2D eigenvalue weighted by atomic mass is 10.1. The van der Waals surface area contributed by atoms with Crippen LogP contribution in [0.5, 0.6) is 0 Å². The molecule has 0 aliphatic rings. The summed E-state index contributed by atoms with van der Waals surface area (Å²) in [4.78, 5) is 4.64. The van der Waals surface area contributed by atoms with Crippen molar-refractivity contribution in [3.63, 3.8) is 0 Å². The lowest BCUT2D eigenvalue weighted by molar-refractivity contribution is 0.740. The third-order valence-electron chi connectivity index (χ3n) is 3.58. The summed E-state index contributed by atoms with van der Waals surface area (Å²) in [6.45, 7) is 6.63. The van der Waals surface area contributed by atoms with Gasteiger partial charge < -0.3 is 10.6 Å². The molecule has 24 heavy (non-hydrogen) atoms. The van der Waals surface area contributed by atoms with Crippen molar-refractivity contribution < 1.29 is 0 Å². The van der Waals surface area contributed by atoms with Gasteiger partial charge in [0.05, 0.1) is 12.7 Å². The average molecular weight is 441 g/mol. The number of guanidine groups is 1. The molecule has 2 N–H and O–H groups in total. The van der Waals surface area contributed by atoms with Crippen LogP contribution in [0.1, 0.15) is 30.0 Å². The largest absolute Gasteiger partial charge is 0.357 e. The maximum Gasteiger partial charge on any atom is 0.191 e. The molecule has 0 unspecified atom stereocenters. The van der Waals surface area contributed by atoms with Crippen LogP contribution in [0.25, 0.3) is 0 Å². The maximum atomic E-state index is 4.64. The maximum absolute atomic E-state index is 4.64. The number of halogens is 1. The molecule has 0 radical (unpaired) electrons. The molecule has 6 heteroatoms. The van der Waals surface area contributed by atoms with Gasteiger partial charge in [0.25, 0.3) is 0 Å². The molecule has 1 aromatic heterocycles. The van der Waals surface area contributed by atoms with Gasteiger partial charge in [-0.25, -0.2) is 4.99 Å². The minimum Gasteiger partial charge on any atom is -0.357 e. The molecule has 0 bridgehead atoms. The Morgan fingerprint density at radius 3 is 2.54 bits per heavy atom. The van der Waals surface area contributed by atoms with E-state index in [0.717, 1.165) is 31.9 Å². The van der Waals surface area contributed by atoms with Crippen LogP contribution >= 0.6 is 24.0 Å². The van der Waals surface area contributed by atoms with E-state index >= 15 is 0 Å². The molecule has 5 nitrogen and oxygen atoms in total. The van der Waals surface area contributed by atoms with Gasteiger partial charge >= 0.3 is 0 Å². The van der Waals surface area contributed by atoms with Gasteiger partial charge in [0, 0.05) is 26.3 Å². The summed E-state index contributed by atoms with van der Waals surface area (Å²) in [7, 11) is 1.95. The van der Waals surface area contributed by atoms with Gasteiger partial charge in [-0.1, -0.05) is 29.8 Å². The highest BCUT2D eigenvalue weighted by Crippen LogP contribution is 2.04. The highest BCUT2D eigenvalue weighted by Gasteiger charge is 1.99. The number of benzene rings is 1. The molecule has 2 rings (SSSR count). The van der Waals surface area contributed by atoms with Crippen LogP contribution in [0.15, 0.2) is 41.7 Å². The van der Waals surface area contributed by atoms with Crippen molar-refractivity contribution in [2.75, 3.05) is 13.1 Å². The molecule has 1 heterocycles. The van der Waals surface area contributed by atoms with Crippen LogP contribution in [0.2, 0.25) is 0 Å². The number of hydrogen-bond donors (Lipinski definition) is 2. The first-order chi connectivity index (χ1) is 11.2. The van der Waals surface area contributed by atoms with Crippen molar-refractivity contribution in [3.05, 3.63) is 53.3 Å². The lowest BCUT2D eigenvalue weighted by Crippen LogP contribution is -2.37. The molecule has 0 amide bonds. The van der Waals surface area contributed by atoms with Gasteiger partial charge in [0.1, 0.15) is 0 Å². The molecule has 1 aromatic carbocycles. The first kappa shape index (κ1) is 20.5. The van der Waals surface area contributed by atoms with E-state index in [1.54, 1.807) is 0 Å². The van der Waals surface area contributed by atoms with Gasteiger partial charge in [-0.3, -0.25) is 4.68 Å². The van der Waals surface area contributed by atoms with Crippen LogP contribution in [0.4, 0.5) is 0 Å². The smallest absolute Gasteiger partial charge is 0.191 e. The van der Waals surface area contributed by atoms with E-state index in [1.165, 1.54) is 16.7 Å². The molecule has 2 aromatic rings. The predicted octanol–water partition coefficient (Wildman–Crippen LogP) is 3.03. The molecular formula is C18H28IN5. The average Bonchev–Trinajstić information content (AvgIpc) is 2.96. The summed E-state index contributed by atoms with van der Waals surface area (Å²) < 4.78 is 1.84. The number of aryl methyl sites for hydroxylation is 3. The van der Waals surface area contributed by atoms with E-state index in [4.69, 9.17) is 0 Å². The van der Waals surface area contributed by atoms with Gasteiger partial charge in [0.15, 0.2) is 5.96 Å². The van der Waals surface area contributed by atoms with E-state index < -0.39 is 0 Å². The van der Waals surface area contributed by atoms with Crippen LogP contribution in [-0.2, 0) is 20.0 Å². The number of hydrogen-bond acceptors (Lipinski definition) is 2. The SMILES string of the molecule is CCNC(=NCc1ccc(C)cc1)NCCCc1cnn(C)c1.I. The second-order valence-electron chi connectivity index (χ2n) is 5.73. The van der Waals surface area contributed by atoms with Crippen LogP contribution < -0.4 is 10.6 Å². The normalized spacial score (nSPS) is 11.0. The van der Waals surface area contributed by atoms with Crippen molar-refractivity contribution >= 4 is 29.9 Å². The zero-order chi connectivity index (χ0) is 16.5.